The molecule has 0 spiro atoms. The smallest absolute Gasteiger partial charge is 0.337 e. The van der Waals surface area contributed by atoms with Gasteiger partial charge in [-0.05, 0) is 12.5 Å². The Morgan fingerprint density at radius 1 is 1.57 bits per heavy atom. The van der Waals surface area contributed by atoms with E-state index in [0.717, 1.165) is 0 Å². The zero-order valence-corrected chi connectivity index (χ0v) is 8.05. The number of aliphatic carboxylic acids is 1. The van der Waals surface area contributed by atoms with Crippen LogP contribution in [-0.2, 0) is 4.79 Å². The van der Waals surface area contributed by atoms with E-state index in [2.05, 4.69) is 0 Å². The lowest BCUT2D eigenvalue weighted by Gasteiger charge is -2.09. The number of aryl methyl sites for hydroxylation is 1. The number of carboxylic acid groups (broad SMARTS) is 1. The van der Waals surface area contributed by atoms with E-state index in [4.69, 9.17) is 21.8 Å². The first-order chi connectivity index (χ1) is 6.45. The summed E-state index contributed by atoms with van der Waals surface area (Å²) in [7, 11) is 0. The molecule has 5 heteroatoms. The summed E-state index contributed by atoms with van der Waals surface area (Å²) >= 11 is 5.55. The van der Waals surface area contributed by atoms with E-state index in [9.17, 15) is 9.18 Å². The Kier molecular flexibility index (Phi) is 3.08. The molecule has 0 aliphatic rings. The zero-order valence-electron chi connectivity index (χ0n) is 7.29. The fourth-order valence-corrected chi connectivity index (χ4v) is 1.18. The van der Waals surface area contributed by atoms with Crippen molar-refractivity contribution in [1.82, 2.24) is 0 Å². The average Bonchev–Trinajstić information content (AvgIpc) is 2.13. The summed E-state index contributed by atoms with van der Waals surface area (Å²) in [5.74, 6) is -2.40. The van der Waals surface area contributed by atoms with Crippen LogP contribution in [0.2, 0.25) is 5.02 Å². The number of benzene rings is 1. The van der Waals surface area contributed by atoms with E-state index >= 15 is 0 Å². The molecule has 0 bridgehead atoms. The maximum Gasteiger partial charge on any atom is 0.337 e. The average molecular weight is 219 g/mol. The maximum atomic E-state index is 13.3. The minimum Gasteiger partial charge on any atom is -0.479 e. The fraction of sp³-hybridized carbons (Fsp3) is 0.222. The van der Waals surface area contributed by atoms with E-state index < -0.39 is 17.9 Å². The Balaban J connectivity index is 3.24. The van der Waals surface area contributed by atoms with Crippen LogP contribution >= 0.6 is 11.6 Å². The van der Waals surface area contributed by atoms with Crippen molar-refractivity contribution < 1.29 is 19.4 Å². The molecule has 76 valence electrons. The summed E-state index contributed by atoms with van der Waals surface area (Å²) < 4.78 is 13.3. The predicted molar refractivity (Wildman–Crippen MR) is 48.7 cm³/mol. The number of hydrogen-bond acceptors (Lipinski definition) is 2. The van der Waals surface area contributed by atoms with Crippen LogP contribution in [0.15, 0.2) is 12.1 Å². The van der Waals surface area contributed by atoms with Crippen LogP contribution in [0.1, 0.15) is 17.2 Å². The summed E-state index contributed by atoms with van der Waals surface area (Å²) in [6.07, 6.45) is -1.88. The third-order valence-corrected chi connectivity index (χ3v) is 2.30. The van der Waals surface area contributed by atoms with Crippen molar-refractivity contribution in [3.8, 4) is 0 Å². The van der Waals surface area contributed by atoms with Crippen LogP contribution in [0.25, 0.3) is 0 Å². The SMILES string of the molecule is Cc1ccc(C(O)C(=O)O)c(F)c1Cl. The first-order valence-electron chi connectivity index (χ1n) is 3.80. The lowest BCUT2D eigenvalue weighted by Crippen LogP contribution is -2.12. The minimum absolute atomic E-state index is 0.164. The first-order valence-corrected chi connectivity index (χ1v) is 4.18. The number of carbonyl (C=O) groups is 1. The van der Waals surface area contributed by atoms with E-state index in [0.29, 0.717) is 5.56 Å². The summed E-state index contributed by atoms with van der Waals surface area (Å²) in [6.45, 7) is 1.59. The highest BCUT2D eigenvalue weighted by molar-refractivity contribution is 6.31. The third kappa shape index (κ3) is 1.86. The second kappa shape index (κ2) is 3.94. The standard InChI is InChI=1S/C9H8ClFO3/c1-4-2-3-5(7(11)6(4)10)8(12)9(13)14/h2-3,8,12H,1H3,(H,13,14). The van der Waals surface area contributed by atoms with Crippen LogP contribution < -0.4 is 0 Å². The van der Waals surface area contributed by atoms with Crippen molar-refractivity contribution in [3.05, 3.63) is 34.1 Å². The lowest BCUT2D eigenvalue weighted by molar-refractivity contribution is -0.147. The van der Waals surface area contributed by atoms with Gasteiger partial charge in [-0.2, -0.15) is 0 Å². The number of aliphatic hydroxyl groups is 1. The predicted octanol–water partition coefficient (Wildman–Crippen LogP) is 1.91. The second-order valence-corrected chi connectivity index (χ2v) is 3.22. The minimum atomic E-state index is -1.88. The first kappa shape index (κ1) is 10.9. The van der Waals surface area contributed by atoms with Crippen molar-refractivity contribution in [1.29, 1.82) is 0 Å². The van der Waals surface area contributed by atoms with Crippen LogP contribution in [0.4, 0.5) is 4.39 Å². The molecule has 0 saturated heterocycles. The molecule has 2 N–H and O–H groups in total. The number of rotatable bonds is 2. The Hall–Kier alpha value is -1.13. The molecule has 0 amide bonds. The van der Waals surface area contributed by atoms with Crippen molar-refractivity contribution in [2.24, 2.45) is 0 Å². The third-order valence-electron chi connectivity index (χ3n) is 1.83. The molecule has 1 unspecified atom stereocenters. The molecular weight excluding hydrogens is 211 g/mol. The fourth-order valence-electron chi connectivity index (χ4n) is 1.01. The van der Waals surface area contributed by atoms with Crippen molar-refractivity contribution in [2.75, 3.05) is 0 Å². The van der Waals surface area contributed by atoms with Crippen LogP contribution in [0.5, 0.6) is 0 Å². The highest BCUT2D eigenvalue weighted by atomic mass is 35.5. The summed E-state index contributed by atoms with van der Waals surface area (Å²) in [5, 5.41) is 17.4. The maximum absolute atomic E-state index is 13.3. The van der Waals surface area contributed by atoms with E-state index in [1.807, 2.05) is 0 Å². The van der Waals surface area contributed by atoms with E-state index in [1.165, 1.54) is 12.1 Å². The quantitative estimate of drug-likeness (QED) is 0.797. The zero-order chi connectivity index (χ0) is 10.9. The Labute approximate surface area is 84.7 Å². The van der Waals surface area contributed by atoms with Gasteiger partial charge in [-0.3, -0.25) is 0 Å². The van der Waals surface area contributed by atoms with Gasteiger partial charge in [0.25, 0.3) is 0 Å². The van der Waals surface area contributed by atoms with Crippen molar-refractivity contribution >= 4 is 17.6 Å². The summed E-state index contributed by atoms with van der Waals surface area (Å²) in [4.78, 5) is 10.4. The topological polar surface area (TPSA) is 57.5 Å². The molecule has 3 nitrogen and oxygen atoms in total. The molecule has 1 aromatic rings. The largest absolute Gasteiger partial charge is 0.479 e. The highest BCUT2D eigenvalue weighted by Crippen LogP contribution is 2.26. The van der Waals surface area contributed by atoms with Crippen LogP contribution in [-0.4, -0.2) is 16.2 Å². The van der Waals surface area contributed by atoms with E-state index in [-0.39, 0.29) is 10.6 Å². The molecule has 1 atom stereocenters. The van der Waals surface area contributed by atoms with Gasteiger partial charge in [0, 0.05) is 5.56 Å². The second-order valence-electron chi connectivity index (χ2n) is 2.84. The van der Waals surface area contributed by atoms with Gasteiger partial charge in [-0.15, -0.1) is 0 Å². The van der Waals surface area contributed by atoms with Crippen LogP contribution in [0.3, 0.4) is 0 Å². The van der Waals surface area contributed by atoms with Gasteiger partial charge in [0.05, 0.1) is 5.02 Å². The van der Waals surface area contributed by atoms with Gasteiger partial charge in [0.1, 0.15) is 5.82 Å². The van der Waals surface area contributed by atoms with Gasteiger partial charge in [-0.1, -0.05) is 23.7 Å². The Morgan fingerprint density at radius 3 is 2.64 bits per heavy atom. The van der Waals surface area contributed by atoms with Crippen LogP contribution in [0, 0.1) is 12.7 Å². The van der Waals surface area contributed by atoms with Gasteiger partial charge >= 0.3 is 5.97 Å². The molecule has 1 aromatic carbocycles. The number of halogens is 2. The Morgan fingerprint density at radius 2 is 2.14 bits per heavy atom. The molecular formula is C9H8ClFO3. The van der Waals surface area contributed by atoms with Gasteiger partial charge in [0.2, 0.25) is 0 Å². The number of aliphatic hydroxyl groups excluding tert-OH is 1. The monoisotopic (exact) mass is 218 g/mol. The number of hydrogen-bond donors (Lipinski definition) is 2. The highest BCUT2D eigenvalue weighted by Gasteiger charge is 2.21. The van der Waals surface area contributed by atoms with Gasteiger partial charge in [0.15, 0.2) is 6.10 Å². The molecule has 14 heavy (non-hydrogen) atoms. The molecule has 0 heterocycles. The van der Waals surface area contributed by atoms with Crippen molar-refractivity contribution in [2.45, 2.75) is 13.0 Å². The number of carboxylic acids is 1. The molecule has 0 aliphatic carbocycles. The van der Waals surface area contributed by atoms with Crippen molar-refractivity contribution in [3.63, 3.8) is 0 Å². The van der Waals surface area contributed by atoms with E-state index in [1.54, 1.807) is 6.92 Å². The van der Waals surface area contributed by atoms with Gasteiger partial charge in [-0.25, -0.2) is 9.18 Å². The lowest BCUT2D eigenvalue weighted by atomic mass is 10.1. The summed E-state index contributed by atoms with van der Waals surface area (Å²) in [6, 6.07) is 2.66. The normalized spacial score (nSPS) is 12.6. The van der Waals surface area contributed by atoms with Gasteiger partial charge < -0.3 is 10.2 Å². The molecule has 0 aliphatic heterocycles. The molecule has 0 saturated carbocycles. The molecule has 0 fully saturated rings. The summed E-state index contributed by atoms with van der Waals surface area (Å²) in [5.41, 5.74) is 0.165. The molecule has 0 radical (unpaired) electrons. The Bertz CT molecular complexity index is 379. The molecule has 0 aromatic heterocycles. The molecule has 1 rings (SSSR count).